The van der Waals surface area contributed by atoms with Crippen molar-refractivity contribution in [1.29, 1.82) is 0 Å². The topological polar surface area (TPSA) is 61.3 Å². The van der Waals surface area contributed by atoms with Crippen LogP contribution < -0.4 is 5.69 Å². The lowest BCUT2D eigenvalue weighted by Crippen LogP contribution is -2.32. The molecule has 0 radical (unpaired) electrons. The number of nitrogens with one attached hydrogen (secondary N) is 1. The molecular weight excluding hydrogens is 409 g/mol. The number of H-pyrrole nitrogens is 1. The van der Waals surface area contributed by atoms with Gasteiger partial charge in [-0.05, 0) is 47.9 Å². The number of benzene rings is 2. The number of halogens is 2. The lowest BCUT2D eigenvalue weighted by molar-refractivity contribution is 0.295. The largest absolute Gasteiger partial charge is 0.493 e. The summed E-state index contributed by atoms with van der Waals surface area (Å²) in [6.45, 7) is 5.34. The molecule has 29 heavy (non-hydrogen) atoms. The van der Waals surface area contributed by atoms with Gasteiger partial charge in [-0.1, -0.05) is 55.2 Å². The van der Waals surface area contributed by atoms with Crippen LogP contribution in [-0.2, 0) is 6.54 Å². The normalized spacial score (nSPS) is 17.0. The van der Waals surface area contributed by atoms with E-state index >= 15 is 0 Å². The summed E-state index contributed by atoms with van der Waals surface area (Å²) in [5, 5.41) is 12.0. The van der Waals surface area contributed by atoms with Crippen LogP contribution in [0.2, 0.25) is 10.0 Å². The molecule has 4 rings (SSSR count). The molecule has 0 unspecified atom stereocenters. The molecule has 7 heteroatoms. The van der Waals surface area contributed by atoms with Crippen molar-refractivity contribution < 1.29 is 5.11 Å². The van der Waals surface area contributed by atoms with Crippen LogP contribution in [0.15, 0.2) is 41.2 Å². The molecule has 0 fully saturated rings. The lowest BCUT2D eigenvalue weighted by Gasteiger charge is -2.34. The van der Waals surface area contributed by atoms with E-state index in [9.17, 15) is 9.90 Å². The van der Waals surface area contributed by atoms with Gasteiger partial charge in [-0.15, -0.1) is 0 Å². The fourth-order valence-electron chi connectivity index (χ4n) is 4.17. The third-order valence-electron chi connectivity index (χ3n) is 5.52. The second-order valence-electron chi connectivity index (χ2n) is 7.92. The maximum Gasteiger partial charge on any atom is 0.333 e. The van der Waals surface area contributed by atoms with E-state index in [4.69, 9.17) is 23.2 Å². The zero-order valence-electron chi connectivity index (χ0n) is 16.5. The third kappa shape index (κ3) is 3.48. The summed E-state index contributed by atoms with van der Waals surface area (Å²) < 4.78 is 1.35. The van der Waals surface area contributed by atoms with Crippen LogP contribution in [0.3, 0.4) is 0 Å². The highest BCUT2D eigenvalue weighted by atomic mass is 35.5. The smallest absolute Gasteiger partial charge is 0.333 e. The van der Waals surface area contributed by atoms with Crippen molar-refractivity contribution in [1.82, 2.24) is 14.5 Å². The summed E-state index contributed by atoms with van der Waals surface area (Å²) in [5.74, 6) is -0.0962. The highest BCUT2D eigenvalue weighted by Crippen LogP contribution is 2.40. The second kappa shape index (κ2) is 7.56. The molecule has 2 aromatic carbocycles. The minimum atomic E-state index is -0.354. The Hall–Kier alpha value is -2.21. The quantitative estimate of drug-likeness (QED) is 0.620. The van der Waals surface area contributed by atoms with Gasteiger partial charge in [0.15, 0.2) is 0 Å². The fraction of sp³-hybridized carbons (Fsp3) is 0.318. The maximum absolute atomic E-state index is 12.7. The number of aromatic amines is 1. The number of hydrogen-bond acceptors (Lipinski definition) is 3. The van der Waals surface area contributed by atoms with Crippen molar-refractivity contribution >= 4 is 23.2 Å². The molecule has 0 saturated heterocycles. The van der Waals surface area contributed by atoms with E-state index in [0.29, 0.717) is 21.4 Å². The van der Waals surface area contributed by atoms with Gasteiger partial charge in [0.25, 0.3) is 0 Å². The summed E-state index contributed by atoms with van der Waals surface area (Å²) in [4.78, 5) is 17.7. The number of hydrogen-bond donors (Lipinski definition) is 2. The number of aromatic hydroxyl groups is 1. The summed E-state index contributed by atoms with van der Waals surface area (Å²) in [6.07, 6.45) is 0. The third-order valence-corrected chi connectivity index (χ3v) is 6.08. The summed E-state index contributed by atoms with van der Waals surface area (Å²) in [5.41, 5.74) is 3.85. The lowest BCUT2D eigenvalue weighted by atomic mass is 9.84. The SMILES string of the molecule is CC(C)c1[nH]c(=O)n(-c2ccccc2[C@@H]2CN(C)Cc3c(Cl)cc(Cl)cc32)c1O. The molecule has 2 heterocycles. The van der Waals surface area contributed by atoms with E-state index in [2.05, 4.69) is 9.88 Å². The van der Waals surface area contributed by atoms with Crippen molar-refractivity contribution in [3.05, 3.63) is 79.3 Å². The molecule has 0 bridgehead atoms. The van der Waals surface area contributed by atoms with Gasteiger partial charge in [-0.3, -0.25) is 0 Å². The molecule has 1 aliphatic rings. The number of nitrogens with zero attached hydrogens (tertiary/aromatic N) is 2. The number of likely N-dealkylation sites (N-methyl/N-ethyl adjacent to an activating group) is 1. The maximum atomic E-state index is 12.7. The van der Waals surface area contributed by atoms with Crippen molar-refractivity contribution in [2.75, 3.05) is 13.6 Å². The number of para-hydroxylation sites is 1. The monoisotopic (exact) mass is 431 g/mol. The Bertz CT molecular complexity index is 1130. The first-order valence-electron chi connectivity index (χ1n) is 9.57. The first kappa shape index (κ1) is 20.1. The minimum Gasteiger partial charge on any atom is -0.493 e. The number of imidazole rings is 1. The van der Waals surface area contributed by atoms with Crippen LogP contribution in [0.4, 0.5) is 0 Å². The van der Waals surface area contributed by atoms with Crippen molar-refractivity contribution in [2.45, 2.75) is 32.2 Å². The Labute approximate surface area is 179 Å². The van der Waals surface area contributed by atoms with Crippen LogP contribution in [0.5, 0.6) is 5.88 Å². The molecule has 152 valence electrons. The Morgan fingerprint density at radius 1 is 1.17 bits per heavy atom. The van der Waals surface area contributed by atoms with Crippen molar-refractivity contribution in [3.8, 4) is 11.6 Å². The van der Waals surface area contributed by atoms with Gasteiger partial charge >= 0.3 is 5.69 Å². The first-order chi connectivity index (χ1) is 13.8. The zero-order valence-corrected chi connectivity index (χ0v) is 18.1. The van der Waals surface area contributed by atoms with Gasteiger partial charge in [0.2, 0.25) is 5.88 Å². The van der Waals surface area contributed by atoms with Gasteiger partial charge in [-0.2, -0.15) is 0 Å². The molecule has 0 aliphatic carbocycles. The van der Waals surface area contributed by atoms with Gasteiger partial charge < -0.3 is 15.0 Å². The van der Waals surface area contributed by atoms with E-state index in [1.54, 1.807) is 6.07 Å². The highest BCUT2D eigenvalue weighted by Gasteiger charge is 2.30. The summed E-state index contributed by atoms with van der Waals surface area (Å²) in [6, 6.07) is 11.4. The van der Waals surface area contributed by atoms with Crippen LogP contribution in [-0.4, -0.2) is 33.1 Å². The van der Waals surface area contributed by atoms with Gasteiger partial charge in [0.05, 0.1) is 11.4 Å². The number of aromatic nitrogens is 2. The molecule has 3 aromatic rings. The van der Waals surface area contributed by atoms with E-state index < -0.39 is 0 Å². The zero-order chi connectivity index (χ0) is 20.9. The first-order valence-corrected chi connectivity index (χ1v) is 10.3. The Morgan fingerprint density at radius 3 is 2.59 bits per heavy atom. The van der Waals surface area contributed by atoms with Crippen molar-refractivity contribution in [2.24, 2.45) is 0 Å². The van der Waals surface area contributed by atoms with Crippen molar-refractivity contribution in [3.63, 3.8) is 0 Å². The molecule has 0 amide bonds. The number of fused-ring (bicyclic) bond motifs is 1. The fourth-order valence-corrected chi connectivity index (χ4v) is 4.74. The molecule has 0 saturated carbocycles. The van der Waals surface area contributed by atoms with Crippen LogP contribution in [0, 0.1) is 0 Å². The standard InChI is InChI=1S/C22H23Cl2N3O2/c1-12(2)20-21(28)27(22(29)25-20)19-7-5-4-6-14(19)16-10-26(3)11-17-15(16)8-13(23)9-18(17)24/h4-9,12,16,28H,10-11H2,1-3H3,(H,25,29)/t16-/m0/s1. The number of rotatable bonds is 3. The van der Waals surface area contributed by atoms with E-state index in [-0.39, 0.29) is 23.4 Å². The van der Waals surface area contributed by atoms with E-state index in [0.717, 1.165) is 29.8 Å². The molecule has 0 spiro atoms. The van der Waals surface area contributed by atoms with Crippen LogP contribution >= 0.6 is 23.2 Å². The second-order valence-corrected chi connectivity index (χ2v) is 8.76. The molecule has 1 aliphatic heterocycles. The average Bonchev–Trinajstić information content (AvgIpc) is 2.96. The summed E-state index contributed by atoms with van der Waals surface area (Å²) in [7, 11) is 2.04. The van der Waals surface area contributed by atoms with Crippen LogP contribution in [0.25, 0.3) is 5.69 Å². The molecule has 1 aromatic heterocycles. The van der Waals surface area contributed by atoms with Crippen LogP contribution in [0.1, 0.15) is 48.1 Å². The average molecular weight is 432 g/mol. The predicted octanol–water partition coefficient (Wildman–Crippen LogP) is 4.88. The molecule has 1 atom stereocenters. The Balaban J connectivity index is 1.94. The minimum absolute atomic E-state index is 0.00438. The molecule has 2 N–H and O–H groups in total. The Morgan fingerprint density at radius 2 is 1.90 bits per heavy atom. The molecular formula is C22H23Cl2N3O2. The Kier molecular flexibility index (Phi) is 5.23. The van der Waals surface area contributed by atoms with Gasteiger partial charge in [0, 0.05) is 29.1 Å². The van der Waals surface area contributed by atoms with Gasteiger partial charge in [-0.25, -0.2) is 9.36 Å². The summed E-state index contributed by atoms with van der Waals surface area (Å²) >= 11 is 12.8. The highest BCUT2D eigenvalue weighted by molar-refractivity contribution is 6.35. The van der Waals surface area contributed by atoms with E-state index in [1.165, 1.54) is 4.57 Å². The van der Waals surface area contributed by atoms with Gasteiger partial charge in [0.1, 0.15) is 0 Å². The predicted molar refractivity (Wildman–Crippen MR) is 117 cm³/mol. The van der Waals surface area contributed by atoms with E-state index in [1.807, 2.05) is 51.2 Å². The molecule has 5 nitrogen and oxygen atoms in total.